The van der Waals surface area contributed by atoms with Gasteiger partial charge in [0.15, 0.2) is 0 Å². The Labute approximate surface area is 177 Å². The summed E-state index contributed by atoms with van der Waals surface area (Å²) < 4.78 is 11.5. The molecule has 152 valence electrons. The third kappa shape index (κ3) is 5.09. The van der Waals surface area contributed by atoms with Gasteiger partial charge in [0.1, 0.15) is 18.1 Å². The van der Waals surface area contributed by atoms with Gasteiger partial charge in [0.2, 0.25) is 5.91 Å². The molecule has 0 bridgehead atoms. The van der Waals surface area contributed by atoms with Crippen LogP contribution < -0.4 is 14.8 Å². The van der Waals surface area contributed by atoms with Crippen LogP contribution in [-0.4, -0.2) is 12.5 Å². The van der Waals surface area contributed by atoms with E-state index in [1.165, 1.54) is 0 Å². The lowest BCUT2D eigenvalue weighted by atomic mass is 9.98. The zero-order chi connectivity index (χ0) is 20.8. The molecule has 0 saturated carbocycles. The molecule has 0 aliphatic carbocycles. The molecule has 3 aromatic carbocycles. The highest BCUT2D eigenvalue weighted by atomic mass is 16.5. The van der Waals surface area contributed by atoms with Gasteiger partial charge in [-0.05, 0) is 42.3 Å². The molecule has 30 heavy (non-hydrogen) atoms. The Balaban J connectivity index is 1.33. The molecule has 4 rings (SSSR count). The van der Waals surface area contributed by atoms with Crippen LogP contribution in [0.25, 0.3) is 6.08 Å². The molecule has 1 unspecified atom stereocenters. The summed E-state index contributed by atoms with van der Waals surface area (Å²) in [5.74, 6) is 1.54. The number of carbonyl (C=O) groups excluding carboxylic acids is 1. The molecule has 4 heteroatoms. The van der Waals surface area contributed by atoms with Crippen molar-refractivity contribution in [1.82, 2.24) is 5.32 Å². The standard InChI is InChI=1S/C26H25NO3/c1-19-7-13-25-23(17-19)24(15-16-29-25)27-26(28)14-10-20-8-11-22(12-9-20)30-18-21-5-3-2-4-6-21/h2-14,17,24H,15-16,18H2,1H3,(H,27,28)/b14-10+. The molecule has 1 amide bonds. The van der Waals surface area contributed by atoms with E-state index >= 15 is 0 Å². The second-order valence-corrected chi connectivity index (χ2v) is 7.42. The number of hydrogen-bond donors (Lipinski definition) is 1. The van der Waals surface area contributed by atoms with Crippen molar-refractivity contribution in [2.45, 2.75) is 26.0 Å². The normalized spacial score (nSPS) is 15.3. The Bertz CT molecular complexity index is 1030. The minimum atomic E-state index is -0.112. The molecule has 3 aromatic rings. The summed E-state index contributed by atoms with van der Waals surface area (Å²) in [6.45, 7) is 3.18. The van der Waals surface area contributed by atoms with Crippen LogP contribution in [0.3, 0.4) is 0 Å². The van der Waals surface area contributed by atoms with Gasteiger partial charge in [0.05, 0.1) is 12.6 Å². The van der Waals surface area contributed by atoms with Crippen LogP contribution in [-0.2, 0) is 11.4 Å². The summed E-state index contributed by atoms with van der Waals surface area (Å²) in [4.78, 5) is 12.4. The van der Waals surface area contributed by atoms with E-state index in [0.717, 1.165) is 40.2 Å². The van der Waals surface area contributed by atoms with Gasteiger partial charge in [0, 0.05) is 18.1 Å². The Morgan fingerprint density at radius 3 is 2.70 bits per heavy atom. The van der Waals surface area contributed by atoms with E-state index in [4.69, 9.17) is 9.47 Å². The molecule has 0 spiro atoms. The average molecular weight is 399 g/mol. The molecule has 0 aromatic heterocycles. The van der Waals surface area contributed by atoms with E-state index in [1.807, 2.05) is 79.7 Å². The summed E-state index contributed by atoms with van der Waals surface area (Å²) in [6.07, 6.45) is 4.15. The summed E-state index contributed by atoms with van der Waals surface area (Å²) in [5.41, 5.74) is 4.27. The summed E-state index contributed by atoms with van der Waals surface area (Å²) in [6, 6.07) is 23.8. The van der Waals surface area contributed by atoms with Gasteiger partial charge in [0.25, 0.3) is 0 Å². The van der Waals surface area contributed by atoms with Crippen LogP contribution >= 0.6 is 0 Å². The Morgan fingerprint density at radius 1 is 1.10 bits per heavy atom. The van der Waals surface area contributed by atoms with Gasteiger partial charge in [-0.2, -0.15) is 0 Å². The van der Waals surface area contributed by atoms with Crippen LogP contribution in [0.1, 0.15) is 34.7 Å². The van der Waals surface area contributed by atoms with Crippen molar-refractivity contribution < 1.29 is 14.3 Å². The van der Waals surface area contributed by atoms with Crippen LogP contribution in [0.5, 0.6) is 11.5 Å². The van der Waals surface area contributed by atoms with Crippen molar-refractivity contribution in [3.63, 3.8) is 0 Å². The lowest BCUT2D eigenvalue weighted by Gasteiger charge is -2.26. The highest BCUT2D eigenvalue weighted by Crippen LogP contribution is 2.32. The van der Waals surface area contributed by atoms with E-state index in [1.54, 1.807) is 6.08 Å². The number of nitrogens with one attached hydrogen (secondary N) is 1. The Morgan fingerprint density at radius 2 is 1.90 bits per heavy atom. The van der Waals surface area contributed by atoms with E-state index in [2.05, 4.69) is 11.4 Å². The zero-order valence-corrected chi connectivity index (χ0v) is 17.0. The van der Waals surface area contributed by atoms with E-state index in [9.17, 15) is 4.79 Å². The van der Waals surface area contributed by atoms with Gasteiger partial charge >= 0.3 is 0 Å². The van der Waals surface area contributed by atoms with Crippen LogP contribution in [0.4, 0.5) is 0 Å². The lowest BCUT2D eigenvalue weighted by molar-refractivity contribution is -0.117. The van der Waals surface area contributed by atoms with Crippen molar-refractivity contribution in [3.8, 4) is 11.5 Å². The first kappa shape index (κ1) is 19.8. The monoisotopic (exact) mass is 399 g/mol. The van der Waals surface area contributed by atoms with E-state index in [-0.39, 0.29) is 11.9 Å². The van der Waals surface area contributed by atoms with E-state index < -0.39 is 0 Å². The third-order valence-electron chi connectivity index (χ3n) is 5.08. The number of amides is 1. The largest absolute Gasteiger partial charge is 0.493 e. The highest BCUT2D eigenvalue weighted by molar-refractivity contribution is 5.92. The SMILES string of the molecule is Cc1ccc2c(c1)C(NC(=O)/C=C/c1ccc(OCc3ccccc3)cc1)CCO2. The van der Waals surface area contributed by atoms with Gasteiger partial charge in [-0.1, -0.05) is 60.2 Å². The molecule has 4 nitrogen and oxygen atoms in total. The lowest BCUT2D eigenvalue weighted by Crippen LogP contribution is -2.31. The number of fused-ring (bicyclic) bond motifs is 1. The molecule has 1 N–H and O–H groups in total. The minimum absolute atomic E-state index is 0.0282. The first-order valence-electron chi connectivity index (χ1n) is 10.2. The summed E-state index contributed by atoms with van der Waals surface area (Å²) in [7, 11) is 0. The maximum Gasteiger partial charge on any atom is 0.244 e. The molecule has 1 heterocycles. The van der Waals surface area contributed by atoms with Crippen LogP contribution in [0.2, 0.25) is 0 Å². The maximum absolute atomic E-state index is 12.4. The quantitative estimate of drug-likeness (QED) is 0.578. The predicted molar refractivity (Wildman–Crippen MR) is 118 cm³/mol. The molecule has 0 fully saturated rings. The molecule has 1 aliphatic rings. The number of rotatable bonds is 6. The van der Waals surface area contributed by atoms with Gasteiger partial charge in [-0.3, -0.25) is 4.79 Å². The molecule has 0 radical (unpaired) electrons. The summed E-state index contributed by atoms with van der Waals surface area (Å²) in [5, 5.41) is 3.09. The van der Waals surface area contributed by atoms with Gasteiger partial charge in [-0.15, -0.1) is 0 Å². The Hall–Kier alpha value is -3.53. The molecule has 0 saturated heterocycles. The molecule has 1 atom stereocenters. The number of ether oxygens (including phenoxy) is 2. The number of carbonyl (C=O) groups is 1. The fraction of sp³-hybridized carbons (Fsp3) is 0.192. The van der Waals surface area contributed by atoms with Crippen LogP contribution in [0.15, 0.2) is 78.9 Å². The van der Waals surface area contributed by atoms with Crippen molar-refractivity contribution in [1.29, 1.82) is 0 Å². The topological polar surface area (TPSA) is 47.6 Å². The number of hydrogen-bond acceptors (Lipinski definition) is 3. The van der Waals surface area contributed by atoms with Crippen molar-refractivity contribution in [2.75, 3.05) is 6.61 Å². The average Bonchev–Trinajstić information content (AvgIpc) is 2.78. The first-order chi connectivity index (χ1) is 14.7. The maximum atomic E-state index is 12.4. The Kier molecular flexibility index (Phi) is 6.14. The third-order valence-corrected chi connectivity index (χ3v) is 5.08. The molecule has 1 aliphatic heterocycles. The number of benzene rings is 3. The molecular formula is C26H25NO3. The van der Waals surface area contributed by atoms with Crippen molar-refractivity contribution in [3.05, 3.63) is 101 Å². The van der Waals surface area contributed by atoms with Crippen molar-refractivity contribution in [2.24, 2.45) is 0 Å². The fourth-order valence-corrected chi connectivity index (χ4v) is 3.47. The van der Waals surface area contributed by atoms with E-state index in [0.29, 0.717) is 13.2 Å². The predicted octanol–water partition coefficient (Wildman–Crippen LogP) is 5.23. The number of aryl methyl sites for hydroxylation is 1. The highest BCUT2D eigenvalue weighted by Gasteiger charge is 2.22. The first-order valence-corrected chi connectivity index (χ1v) is 10.2. The van der Waals surface area contributed by atoms with Crippen molar-refractivity contribution >= 4 is 12.0 Å². The molecular weight excluding hydrogens is 374 g/mol. The summed E-state index contributed by atoms with van der Waals surface area (Å²) >= 11 is 0. The fourth-order valence-electron chi connectivity index (χ4n) is 3.47. The second-order valence-electron chi connectivity index (χ2n) is 7.42. The smallest absolute Gasteiger partial charge is 0.244 e. The second kappa shape index (κ2) is 9.31. The van der Waals surface area contributed by atoms with Gasteiger partial charge in [-0.25, -0.2) is 0 Å². The zero-order valence-electron chi connectivity index (χ0n) is 17.0. The van der Waals surface area contributed by atoms with Crippen LogP contribution in [0, 0.1) is 6.92 Å². The minimum Gasteiger partial charge on any atom is -0.493 e. The van der Waals surface area contributed by atoms with Gasteiger partial charge < -0.3 is 14.8 Å².